The summed E-state index contributed by atoms with van der Waals surface area (Å²) >= 11 is 0. The molecule has 5 heteroatoms. The number of nitrogens with zero attached hydrogens (tertiary/aromatic N) is 4. The molecule has 0 aliphatic heterocycles. The molecular weight excluding hydrogens is 226 g/mol. The van der Waals surface area contributed by atoms with Crippen molar-refractivity contribution in [2.24, 2.45) is 7.05 Å². The van der Waals surface area contributed by atoms with Gasteiger partial charge >= 0.3 is 0 Å². The number of aromatic nitrogens is 4. The van der Waals surface area contributed by atoms with Crippen LogP contribution in [0.1, 0.15) is 36.6 Å². The zero-order valence-corrected chi connectivity index (χ0v) is 11.1. The standard InChI is InChI=1S/C13H19N5/c1-4-8-14-12(13-15-9-16-18(13)3)11-7-5-6-10(2)17-11/h5-7,9,12,14H,4,8H2,1-3H3. The van der Waals surface area contributed by atoms with Crippen molar-refractivity contribution < 1.29 is 0 Å². The van der Waals surface area contributed by atoms with Crippen molar-refractivity contribution in [2.45, 2.75) is 26.3 Å². The fourth-order valence-electron chi connectivity index (χ4n) is 1.91. The van der Waals surface area contributed by atoms with Gasteiger partial charge in [-0.3, -0.25) is 9.67 Å². The third kappa shape index (κ3) is 2.73. The van der Waals surface area contributed by atoms with Crippen LogP contribution in [0.2, 0.25) is 0 Å². The largest absolute Gasteiger partial charge is 0.302 e. The van der Waals surface area contributed by atoms with Crippen molar-refractivity contribution in [3.8, 4) is 0 Å². The maximum Gasteiger partial charge on any atom is 0.149 e. The first-order valence-corrected chi connectivity index (χ1v) is 6.23. The Morgan fingerprint density at radius 2 is 2.22 bits per heavy atom. The molecule has 0 saturated carbocycles. The summed E-state index contributed by atoms with van der Waals surface area (Å²) < 4.78 is 1.79. The predicted octanol–water partition coefficient (Wildman–Crippen LogP) is 1.61. The second-order valence-electron chi connectivity index (χ2n) is 4.33. The van der Waals surface area contributed by atoms with Gasteiger partial charge in [-0.2, -0.15) is 5.10 Å². The Morgan fingerprint density at radius 3 is 2.83 bits per heavy atom. The van der Waals surface area contributed by atoms with Crippen molar-refractivity contribution in [1.29, 1.82) is 0 Å². The van der Waals surface area contributed by atoms with Gasteiger partial charge in [0.1, 0.15) is 18.2 Å². The number of rotatable bonds is 5. The summed E-state index contributed by atoms with van der Waals surface area (Å²) in [6.45, 7) is 5.06. The highest BCUT2D eigenvalue weighted by molar-refractivity contribution is 5.19. The van der Waals surface area contributed by atoms with E-state index in [4.69, 9.17) is 0 Å². The van der Waals surface area contributed by atoms with E-state index in [1.807, 2.05) is 32.2 Å². The second-order valence-corrected chi connectivity index (χ2v) is 4.33. The third-order valence-corrected chi connectivity index (χ3v) is 2.81. The number of pyridine rings is 1. The van der Waals surface area contributed by atoms with Crippen LogP contribution in [0.3, 0.4) is 0 Å². The van der Waals surface area contributed by atoms with Crippen LogP contribution in [0.4, 0.5) is 0 Å². The molecule has 1 unspecified atom stereocenters. The summed E-state index contributed by atoms with van der Waals surface area (Å²) in [6.07, 6.45) is 2.64. The van der Waals surface area contributed by atoms with E-state index in [2.05, 4.69) is 27.3 Å². The van der Waals surface area contributed by atoms with Gasteiger partial charge in [0.2, 0.25) is 0 Å². The van der Waals surface area contributed by atoms with E-state index >= 15 is 0 Å². The molecule has 0 aliphatic carbocycles. The van der Waals surface area contributed by atoms with Gasteiger partial charge in [-0.25, -0.2) is 4.98 Å². The summed E-state index contributed by atoms with van der Waals surface area (Å²) in [4.78, 5) is 8.90. The van der Waals surface area contributed by atoms with Crippen molar-refractivity contribution in [3.05, 3.63) is 41.7 Å². The minimum Gasteiger partial charge on any atom is -0.302 e. The normalized spacial score (nSPS) is 12.6. The quantitative estimate of drug-likeness (QED) is 0.869. The molecule has 2 rings (SSSR count). The lowest BCUT2D eigenvalue weighted by atomic mass is 10.1. The fourth-order valence-corrected chi connectivity index (χ4v) is 1.91. The predicted molar refractivity (Wildman–Crippen MR) is 70.1 cm³/mol. The van der Waals surface area contributed by atoms with Crippen LogP contribution in [0, 0.1) is 6.92 Å². The number of hydrogen-bond acceptors (Lipinski definition) is 4. The lowest BCUT2D eigenvalue weighted by Crippen LogP contribution is -2.27. The Hall–Kier alpha value is -1.75. The summed E-state index contributed by atoms with van der Waals surface area (Å²) in [5, 5.41) is 7.60. The van der Waals surface area contributed by atoms with Gasteiger partial charge in [0, 0.05) is 12.7 Å². The monoisotopic (exact) mass is 245 g/mol. The molecule has 0 spiro atoms. The van der Waals surface area contributed by atoms with Crippen LogP contribution in [0.5, 0.6) is 0 Å². The molecule has 1 N–H and O–H groups in total. The number of hydrogen-bond donors (Lipinski definition) is 1. The van der Waals surface area contributed by atoms with Crippen molar-refractivity contribution in [1.82, 2.24) is 25.1 Å². The Labute approximate surface area is 107 Å². The molecule has 96 valence electrons. The first-order valence-electron chi connectivity index (χ1n) is 6.23. The highest BCUT2D eigenvalue weighted by Crippen LogP contribution is 2.17. The summed E-state index contributed by atoms with van der Waals surface area (Å²) in [7, 11) is 1.90. The molecule has 0 aromatic carbocycles. The molecule has 0 saturated heterocycles. The van der Waals surface area contributed by atoms with Crippen LogP contribution in [0.25, 0.3) is 0 Å². The average molecular weight is 245 g/mol. The molecule has 2 heterocycles. The first kappa shape index (κ1) is 12.7. The van der Waals surface area contributed by atoms with E-state index in [0.717, 1.165) is 30.2 Å². The lowest BCUT2D eigenvalue weighted by Gasteiger charge is -2.17. The number of nitrogens with one attached hydrogen (secondary N) is 1. The topological polar surface area (TPSA) is 55.6 Å². The molecule has 0 amide bonds. The second kappa shape index (κ2) is 5.73. The molecule has 5 nitrogen and oxygen atoms in total. The van der Waals surface area contributed by atoms with Crippen LogP contribution in [-0.4, -0.2) is 26.3 Å². The van der Waals surface area contributed by atoms with Crippen molar-refractivity contribution >= 4 is 0 Å². The minimum absolute atomic E-state index is 0.00245. The van der Waals surface area contributed by atoms with E-state index in [9.17, 15) is 0 Å². The Balaban J connectivity index is 2.33. The molecule has 0 bridgehead atoms. The summed E-state index contributed by atoms with van der Waals surface area (Å²) in [6, 6.07) is 6.04. The summed E-state index contributed by atoms with van der Waals surface area (Å²) in [5.74, 6) is 0.890. The smallest absolute Gasteiger partial charge is 0.149 e. The molecule has 2 aromatic heterocycles. The molecule has 1 atom stereocenters. The zero-order chi connectivity index (χ0) is 13.0. The van der Waals surface area contributed by atoms with Crippen molar-refractivity contribution in [3.63, 3.8) is 0 Å². The van der Waals surface area contributed by atoms with Crippen LogP contribution in [0.15, 0.2) is 24.5 Å². The van der Waals surface area contributed by atoms with Gasteiger partial charge in [-0.05, 0) is 32.0 Å². The van der Waals surface area contributed by atoms with Gasteiger partial charge in [0.05, 0.1) is 5.69 Å². The fraction of sp³-hybridized carbons (Fsp3) is 0.462. The third-order valence-electron chi connectivity index (χ3n) is 2.81. The molecule has 0 radical (unpaired) electrons. The summed E-state index contributed by atoms with van der Waals surface area (Å²) in [5.41, 5.74) is 2.00. The van der Waals surface area contributed by atoms with Crippen LogP contribution >= 0.6 is 0 Å². The maximum atomic E-state index is 4.58. The number of aryl methyl sites for hydroxylation is 2. The van der Waals surface area contributed by atoms with Gasteiger partial charge in [0.25, 0.3) is 0 Å². The van der Waals surface area contributed by atoms with E-state index < -0.39 is 0 Å². The van der Waals surface area contributed by atoms with E-state index in [1.54, 1.807) is 11.0 Å². The Kier molecular flexibility index (Phi) is 4.04. The Bertz CT molecular complexity index is 506. The van der Waals surface area contributed by atoms with Gasteiger partial charge < -0.3 is 5.32 Å². The van der Waals surface area contributed by atoms with E-state index in [-0.39, 0.29) is 6.04 Å². The molecular formula is C13H19N5. The maximum absolute atomic E-state index is 4.58. The Morgan fingerprint density at radius 1 is 1.39 bits per heavy atom. The van der Waals surface area contributed by atoms with Gasteiger partial charge in [-0.15, -0.1) is 0 Å². The molecule has 0 fully saturated rings. The van der Waals surface area contributed by atoms with E-state index in [0.29, 0.717) is 0 Å². The van der Waals surface area contributed by atoms with Gasteiger partial charge in [0.15, 0.2) is 0 Å². The average Bonchev–Trinajstić information content (AvgIpc) is 2.77. The van der Waals surface area contributed by atoms with Crippen LogP contribution < -0.4 is 5.32 Å². The highest BCUT2D eigenvalue weighted by atomic mass is 15.3. The van der Waals surface area contributed by atoms with Gasteiger partial charge in [-0.1, -0.05) is 13.0 Å². The van der Waals surface area contributed by atoms with Crippen LogP contribution in [-0.2, 0) is 7.05 Å². The lowest BCUT2D eigenvalue weighted by molar-refractivity contribution is 0.531. The molecule has 18 heavy (non-hydrogen) atoms. The first-order chi connectivity index (χ1) is 8.72. The highest BCUT2D eigenvalue weighted by Gasteiger charge is 2.19. The van der Waals surface area contributed by atoms with Crippen molar-refractivity contribution in [2.75, 3.05) is 6.54 Å². The SMILES string of the molecule is CCCNC(c1cccc(C)n1)c1ncnn1C. The zero-order valence-electron chi connectivity index (χ0n) is 11.1. The molecule has 0 aliphatic rings. The minimum atomic E-state index is -0.00245. The molecule has 2 aromatic rings. The van der Waals surface area contributed by atoms with E-state index in [1.165, 1.54) is 0 Å².